The van der Waals surface area contributed by atoms with Crippen molar-refractivity contribution in [3.05, 3.63) is 0 Å². The second-order valence-electron chi connectivity index (χ2n) is 4.45. The molecule has 19 heavy (non-hydrogen) atoms. The Labute approximate surface area is 170 Å². The first kappa shape index (κ1) is 25.1. The maximum atomic E-state index is 10.4. The molecule has 0 aliphatic rings. The molecule has 0 rings (SSSR count). The van der Waals surface area contributed by atoms with Gasteiger partial charge in [-0.05, 0) is 6.42 Å². The van der Waals surface area contributed by atoms with Crippen LogP contribution in [0, 0.1) is 5.92 Å². The van der Waals surface area contributed by atoms with E-state index in [1.807, 2.05) is 0 Å². The van der Waals surface area contributed by atoms with Crippen molar-refractivity contribution >= 4 is 11.9 Å². The molecule has 0 atom stereocenters. The van der Waals surface area contributed by atoms with Gasteiger partial charge in [-0.15, -0.1) is 0 Å². The molecule has 0 N–H and O–H groups in total. The van der Waals surface area contributed by atoms with Crippen molar-refractivity contribution in [2.24, 2.45) is 5.92 Å². The summed E-state index contributed by atoms with van der Waals surface area (Å²) in [6.07, 6.45) is 8.73. The molecule has 0 heterocycles. The predicted octanol–water partition coefficient (Wildman–Crippen LogP) is -5.36. The Morgan fingerprint density at radius 2 is 1.21 bits per heavy atom. The Bertz CT molecular complexity index is 223. The monoisotopic (exact) mass is 288 g/mol. The zero-order chi connectivity index (χ0) is 13.1. The zero-order valence-corrected chi connectivity index (χ0v) is 15.7. The number of hydrogen-bond acceptors (Lipinski definition) is 4. The van der Waals surface area contributed by atoms with Crippen LogP contribution in [0.2, 0.25) is 0 Å². The molecular weight excluding hydrogens is 266 g/mol. The van der Waals surface area contributed by atoms with Crippen molar-refractivity contribution in [3.8, 4) is 0 Å². The van der Waals surface area contributed by atoms with Crippen molar-refractivity contribution in [2.45, 2.75) is 64.7 Å². The number of carboxylic acids is 2. The first-order valence-electron chi connectivity index (χ1n) is 6.51. The summed E-state index contributed by atoms with van der Waals surface area (Å²) in [6.45, 7) is 2.17. The first-order chi connectivity index (χ1) is 8.09. The number of carbonyl (C=O) groups excluding carboxylic acids is 2. The van der Waals surface area contributed by atoms with Gasteiger partial charge in [0, 0.05) is 5.92 Å². The van der Waals surface area contributed by atoms with Crippen LogP contribution in [0.3, 0.4) is 0 Å². The molecule has 0 amide bonds. The minimum Gasteiger partial charge on any atom is -0.549 e. The zero-order valence-electron chi connectivity index (χ0n) is 12.6. The summed E-state index contributed by atoms with van der Waals surface area (Å²) in [5.74, 6) is -4.52. The Hall–Kier alpha value is 1.17. The number of carbonyl (C=O) groups is 2. The van der Waals surface area contributed by atoms with E-state index in [4.69, 9.17) is 0 Å². The Morgan fingerprint density at radius 3 is 1.58 bits per heavy atom. The minimum atomic E-state index is -1.53. The van der Waals surface area contributed by atoms with E-state index in [0.717, 1.165) is 19.3 Å². The van der Waals surface area contributed by atoms with Crippen LogP contribution in [0.5, 0.6) is 0 Å². The quantitative estimate of drug-likeness (QED) is 0.216. The summed E-state index contributed by atoms with van der Waals surface area (Å²) >= 11 is 0. The molecule has 0 saturated carbocycles. The fourth-order valence-corrected chi connectivity index (χ4v) is 1.81. The molecule has 0 radical (unpaired) electrons. The van der Waals surface area contributed by atoms with Gasteiger partial charge in [0.25, 0.3) is 0 Å². The summed E-state index contributed by atoms with van der Waals surface area (Å²) in [7, 11) is 0. The van der Waals surface area contributed by atoms with Gasteiger partial charge in [0.1, 0.15) is 0 Å². The molecule has 0 bridgehead atoms. The maximum Gasteiger partial charge on any atom is 1.00 e. The van der Waals surface area contributed by atoms with Crippen molar-refractivity contribution < 1.29 is 90.0 Å². The minimum absolute atomic E-state index is 0. The van der Waals surface area contributed by atoms with Crippen LogP contribution >= 0.6 is 0 Å². The standard InChI is InChI=1S/C13H24O4.K.Li/c1-2-3-4-5-6-7-8-9-10-11(12(14)15)13(16)17;;/h11H,2-10H2,1H3,(H,14,15)(H,16,17);;/q;2*+1/p-2. The fraction of sp³-hybridized carbons (Fsp3) is 0.846. The number of hydrogen-bond donors (Lipinski definition) is 0. The Morgan fingerprint density at radius 1 is 0.842 bits per heavy atom. The molecule has 100 valence electrons. The summed E-state index contributed by atoms with van der Waals surface area (Å²) in [5, 5.41) is 20.9. The molecule has 0 aliphatic carbocycles. The molecule has 0 aliphatic heterocycles. The van der Waals surface area contributed by atoms with Crippen LogP contribution in [-0.2, 0) is 9.59 Å². The molecule has 0 fully saturated rings. The predicted molar refractivity (Wildman–Crippen MR) is 60.7 cm³/mol. The Kier molecular flexibility index (Phi) is 22.8. The molecule has 0 aromatic heterocycles. The number of aliphatic carboxylic acids is 2. The molecule has 0 aromatic rings. The van der Waals surface area contributed by atoms with Crippen LogP contribution in [0.1, 0.15) is 64.7 Å². The average Bonchev–Trinajstić information content (AvgIpc) is 2.26. The van der Waals surface area contributed by atoms with Gasteiger partial charge in [-0.3, -0.25) is 0 Å². The maximum absolute atomic E-state index is 10.4. The average molecular weight is 288 g/mol. The van der Waals surface area contributed by atoms with Crippen LogP contribution in [0.4, 0.5) is 0 Å². The summed E-state index contributed by atoms with van der Waals surface area (Å²) in [4.78, 5) is 20.9. The van der Waals surface area contributed by atoms with Crippen LogP contribution in [0.25, 0.3) is 0 Å². The van der Waals surface area contributed by atoms with Crippen molar-refractivity contribution in [3.63, 3.8) is 0 Å². The molecule has 0 saturated heterocycles. The van der Waals surface area contributed by atoms with Gasteiger partial charge in [0.05, 0.1) is 11.9 Å². The fourth-order valence-electron chi connectivity index (χ4n) is 1.81. The molecular formula is C13H22KLiO4. The van der Waals surface area contributed by atoms with E-state index in [1.54, 1.807) is 0 Å². The molecule has 0 aromatic carbocycles. The van der Waals surface area contributed by atoms with Crippen molar-refractivity contribution in [1.29, 1.82) is 0 Å². The van der Waals surface area contributed by atoms with Gasteiger partial charge in [-0.2, -0.15) is 0 Å². The third-order valence-electron chi connectivity index (χ3n) is 2.92. The first-order valence-corrected chi connectivity index (χ1v) is 6.51. The number of unbranched alkanes of at least 4 members (excludes halogenated alkanes) is 7. The summed E-state index contributed by atoms with van der Waals surface area (Å²) < 4.78 is 0. The van der Waals surface area contributed by atoms with Gasteiger partial charge < -0.3 is 19.8 Å². The van der Waals surface area contributed by atoms with E-state index in [-0.39, 0.29) is 76.7 Å². The van der Waals surface area contributed by atoms with Crippen LogP contribution < -0.4 is 80.5 Å². The molecule has 0 unspecified atom stereocenters. The van der Waals surface area contributed by atoms with Gasteiger partial charge in [-0.1, -0.05) is 58.3 Å². The topological polar surface area (TPSA) is 80.3 Å². The second-order valence-corrected chi connectivity index (χ2v) is 4.45. The van der Waals surface area contributed by atoms with Gasteiger partial charge in [0.15, 0.2) is 0 Å². The molecule has 0 spiro atoms. The van der Waals surface area contributed by atoms with E-state index in [0.29, 0.717) is 6.42 Å². The van der Waals surface area contributed by atoms with Crippen LogP contribution in [-0.4, -0.2) is 11.9 Å². The summed E-state index contributed by atoms with van der Waals surface area (Å²) in [5.41, 5.74) is 0. The van der Waals surface area contributed by atoms with E-state index in [1.165, 1.54) is 25.7 Å². The summed E-state index contributed by atoms with van der Waals surface area (Å²) in [6, 6.07) is 0. The Balaban J connectivity index is -0.00000128. The van der Waals surface area contributed by atoms with Gasteiger partial charge >= 0.3 is 70.2 Å². The number of carboxylic acid groups (broad SMARTS) is 2. The van der Waals surface area contributed by atoms with E-state index < -0.39 is 17.9 Å². The third-order valence-corrected chi connectivity index (χ3v) is 2.92. The van der Waals surface area contributed by atoms with Crippen LogP contribution in [0.15, 0.2) is 0 Å². The molecule has 6 heteroatoms. The largest absolute Gasteiger partial charge is 1.00 e. The SMILES string of the molecule is CCCCCCCCCCC(C(=O)[O-])C(=O)[O-].[K+].[Li+]. The van der Waals surface area contributed by atoms with Gasteiger partial charge in [0.2, 0.25) is 0 Å². The van der Waals surface area contributed by atoms with E-state index >= 15 is 0 Å². The third kappa shape index (κ3) is 15.4. The van der Waals surface area contributed by atoms with Gasteiger partial charge in [-0.25, -0.2) is 0 Å². The normalized spacial score (nSPS) is 9.58. The van der Waals surface area contributed by atoms with Crippen molar-refractivity contribution in [1.82, 2.24) is 0 Å². The number of rotatable bonds is 11. The van der Waals surface area contributed by atoms with E-state index in [9.17, 15) is 19.8 Å². The smallest absolute Gasteiger partial charge is 0.549 e. The molecule has 4 nitrogen and oxygen atoms in total. The second kappa shape index (κ2) is 17.2. The van der Waals surface area contributed by atoms with E-state index in [2.05, 4.69) is 6.92 Å². The van der Waals surface area contributed by atoms with Crippen molar-refractivity contribution in [2.75, 3.05) is 0 Å².